The summed E-state index contributed by atoms with van der Waals surface area (Å²) in [4.78, 5) is 34.3. The molecule has 0 aliphatic carbocycles. The summed E-state index contributed by atoms with van der Waals surface area (Å²) in [5, 5.41) is 15.0. The maximum Gasteiger partial charge on any atom is 0.405 e. The summed E-state index contributed by atoms with van der Waals surface area (Å²) < 4.78 is 36.5. The zero-order valence-corrected chi connectivity index (χ0v) is 14.0. The SMILES string of the molecule is Cc1cc(C(=O)Nc2cccc(C(=O)NCC(F)(F)F)c2)ccc1[N+](=O)[O-]. The van der Waals surface area contributed by atoms with Crippen molar-refractivity contribution in [3.63, 3.8) is 0 Å². The number of rotatable bonds is 5. The van der Waals surface area contributed by atoms with Gasteiger partial charge in [0.15, 0.2) is 0 Å². The van der Waals surface area contributed by atoms with Gasteiger partial charge in [0, 0.05) is 28.4 Å². The molecule has 2 amide bonds. The quantitative estimate of drug-likeness (QED) is 0.612. The van der Waals surface area contributed by atoms with Gasteiger partial charge in [-0.3, -0.25) is 19.7 Å². The molecule has 2 aromatic rings. The second-order valence-electron chi connectivity index (χ2n) is 5.59. The average Bonchev–Trinajstić information content (AvgIpc) is 2.58. The number of nitro groups is 1. The zero-order chi connectivity index (χ0) is 20.2. The molecule has 0 radical (unpaired) electrons. The van der Waals surface area contributed by atoms with Crippen molar-refractivity contribution in [3.05, 3.63) is 69.3 Å². The van der Waals surface area contributed by atoms with Gasteiger partial charge >= 0.3 is 6.18 Å². The number of benzene rings is 2. The molecule has 0 aliphatic heterocycles. The zero-order valence-electron chi connectivity index (χ0n) is 14.0. The Kier molecular flexibility index (Phi) is 5.78. The van der Waals surface area contributed by atoms with Crippen LogP contribution in [0.15, 0.2) is 42.5 Å². The minimum atomic E-state index is -4.53. The lowest BCUT2D eigenvalue weighted by molar-refractivity contribution is -0.385. The van der Waals surface area contributed by atoms with Crippen LogP contribution in [0.5, 0.6) is 0 Å². The van der Waals surface area contributed by atoms with Crippen molar-refractivity contribution in [3.8, 4) is 0 Å². The number of hydrogen-bond acceptors (Lipinski definition) is 4. The highest BCUT2D eigenvalue weighted by Crippen LogP contribution is 2.20. The number of halogens is 3. The number of carbonyl (C=O) groups is 2. The van der Waals surface area contributed by atoms with Crippen LogP contribution in [0.2, 0.25) is 0 Å². The maximum absolute atomic E-state index is 12.3. The van der Waals surface area contributed by atoms with Crippen LogP contribution in [0.1, 0.15) is 26.3 Å². The van der Waals surface area contributed by atoms with Crippen molar-refractivity contribution in [2.75, 3.05) is 11.9 Å². The van der Waals surface area contributed by atoms with E-state index in [1.54, 1.807) is 5.32 Å². The molecule has 7 nitrogen and oxygen atoms in total. The molecule has 0 saturated heterocycles. The normalized spacial score (nSPS) is 11.0. The van der Waals surface area contributed by atoms with Gasteiger partial charge in [-0.05, 0) is 37.3 Å². The Labute approximate surface area is 151 Å². The van der Waals surface area contributed by atoms with Gasteiger partial charge in [-0.15, -0.1) is 0 Å². The largest absolute Gasteiger partial charge is 0.405 e. The Bertz CT molecular complexity index is 897. The molecule has 2 aromatic carbocycles. The van der Waals surface area contributed by atoms with Crippen LogP contribution >= 0.6 is 0 Å². The molecular formula is C17H14F3N3O4. The summed E-state index contributed by atoms with van der Waals surface area (Å²) in [6.45, 7) is 0.0189. The predicted octanol–water partition coefficient (Wildman–Crippen LogP) is 3.45. The first-order chi connectivity index (χ1) is 12.6. The molecule has 0 unspecified atom stereocenters. The number of amides is 2. The number of aryl methyl sites for hydroxylation is 1. The van der Waals surface area contributed by atoms with Crippen molar-refractivity contribution in [2.24, 2.45) is 0 Å². The molecule has 0 atom stereocenters. The molecule has 0 saturated carbocycles. The van der Waals surface area contributed by atoms with Crippen LogP contribution in [0.3, 0.4) is 0 Å². The molecule has 0 heterocycles. The molecule has 0 aliphatic rings. The Hall–Kier alpha value is -3.43. The van der Waals surface area contributed by atoms with E-state index in [1.807, 2.05) is 0 Å². The van der Waals surface area contributed by atoms with Crippen molar-refractivity contribution in [1.29, 1.82) is 0 Å². The second-order valence-corrected chi connectivity index (χ2v) is 5.59. The fourth-order valence-corrected chi connectivity index (χ4v) is 2.23. The van der Waals surface area contributed by atoms with Crippen LogP contribution in [0, 0.1) is 17.0 Å². The van der Waals surface area contributed by atoms with E-state index in [9.17, 15) is 32.9 Å². The van der Waals surface area contributed by atoms with Crippen LogP contribution < -0.4 is 10.6 Å². The molecular weight excluding hydrogens is 367 g/mol. The van der Waals surface area contributed by atoms with Crippen molar-refractivity contribution >= 4 is 23.2 Å². The Balaban J connectivity index is 2.11. The number of nitrogens with one attached hydrogen (secondary N) is 2. The number of hydrogen-bond donors (Lipinski definition) is 2. The summed E-state index contributed by atoms with van der Waals surface area (Å²) in [5.41, 5.74) is 0.459. The number of nitrogens with zero attached hydrogens (tertiary/aromatic N) is 1. The number of nitro benzene ring substituents is 1. The van der Waals surface area contributed by atoms with Gasteiger partial charge in [0.05, 0.1) is 4.92 Å². The summed E-state index contributed by atoms with van der Waals surface area (Å²) in [6, 6.07) is 9.20. The number of anilines is 1. The molecule has 0 bridgehead atoms. The highest BCUT2D eigenvalue weighted by atomic mass is 19.4. The maximum atomic E-state index is 12.3. The average molecular weight is 381 g/mol. The van der Waals surface area contributed by atoms with Crippen LogP contribution in [-0.4, -0.2) is 29.5 Å². The van der Waals surface area contributed by atoms with Crippen LogP contribution in [-0.2, 0) is 0 Å². The van der Waals surface area contributed by atoms with E-state index < -0.39 is 29.5 Å². The van der Waals surface area contributed by atoms with E-state index in [0.29, 0.717) is 5.56 Å². The molecule has 2 rings (SSSR count). The van der Waals surface area contributed by atoms with Gasteiger partial charge < -0.3 is 10.6 Å². The first kappa shape index (κ1) is 19.9. The van der Waals surface area contributed by atoms with Gasteiger partial charge in [-0.2, -0.15) is 13.2 Å². The highest BCUT2D eigenvalue weighted by Gasteiger charge is 2.28. The molecule has 10 heteroatoms. The fourth-order valence-electron chi connectivity index (χ4n) is 2.23. The first-order valence-corrected chi connectivity index (χ1v) is 7.58. The first-order valence-electron chi connectivity index (χ1n) is 7.58. The van der Waals surface area contributed by atoms with Crippen molar-refractivity contribution < 1.29 is 27.7 Å². The van der Waals surface area contributed by atoms with Gasteiger partial charge in [-0.25, -0.2) is 0 Å². The molecule has 2 N–H and O–H groups in total. The Morgan fingerprint density at radius 1 is 1.07 bits per heavy atom. The minimum absolute atomic E-state index is 0.0584. The lowest BCUT2D eigenvalue weighted by Crippen LogP contribution is -2.33. The lowest BCUT2D eigenvalue weighted by Gasteiger charge is -2.10. The topological polar surface area (TPSA) is 101 Å². The number of carbonyl (C=O) groups excluding carboxylic acids is 2. The monoisotopic (exact) mass is 381 g/mol. The van der Waals surface area contributed by atoms with E-state index in [2.05, 4.69) is 5.32 Å². The van der Waals surface area contributed by atoms with Crippen LogP contribution in [0.4, 0.5) is 24.5 Å². The van der Waals surface area contributed by atoms with Crippen LogP contribution in [0.25, 0.3) is 0 Å². The molecule has 142 valence electrons. The van der Waals surface area contributed by atoms with Gasteiger partial charge in [0.2, 0.25) is 0 Å². The third-order valence-electron chi connectivity index (χ3n) is 3.49. The highest BCUT2D eigenvalue weighted by molar-refractivity contribution is 6.05. The predicted molar refractivity (Wildman–Crippen MR) is 90.6 cm³/mol. The molecule has 0 aromatic heterocycles. The summed E-state index contributed by atoms with van der Waals surface area (Å²) in [7, 11) is 0. The minimum Gasteiger partial charge on any atom is -0.343 e. The van der Waals surface area contributed by atoms with Crippen molar-refractivity contribution in [2.45, 2.75) is 13.1 Å². The van der Waals surface area contributed by atoms with E-state index in [1.165, 1.54) is 49.4 Å². The van der Waals surface area contributed by atoms with Gasteiger partial charge in [0.25, 0.3) is 17.5 Å². The van der Waals surface area contributed by atoms with Gasteiger partial charge in [0.1, 0.15) is 6.54 Å². The number of alkyl halides is 3. The summed E-state index contributed by atoms with van der Waals surface area (Å²) in [5.74, 6) is -1.52. The third-order valence-corrected chi connectivity index (χ3v) is 3.49. The van der Waals surface area contributed by atoms with E-state index >= 15 is 0 Å². The smallest absolute Gasteiger partial charge is 0.343 e. The standard InChI is InChI=1S/C17H14F3N3O4/c1-10-7-12(5-6-14(10)23(26)27)16(25)22-13-4-2-3-11(8-13)15(24)21-9-17(18,19)20/h2-8H,9H2,1H3,(H,21,24)(H,22,25). The lowest BCUT2D eigenvalue weighted by atomic mass is 10.1. The Morgan fingerprint density at radius 3 is 2.33 bits per heavy atom. The van der Waals surface area contributed by atoms with Crippen molar-refractivity contribution in [1.82, 2.24) is 5.32 Å². The third kappa shape index (κ3) is 5.53. The Morgan fingerprint density at radius 2 is 1.74 bits per heavy atom. The summed E-state index contributed by atoms with van der Waals surface area (Å²) in [6.07, 6.45) is -4.53. The molecule has 0 spiro atoms. The van der Waals surface area contributed by atoms with E-state index in [0.717, 1.165) is 0 Å². The molecule has 0 fully saturated rings. The summed E-state index contributed by atoms with van der Waals surface area (Å²) >= 11 is 0. The second kappa shape index (κ2) is 7.85. The molecule has 27 heavy (non-hydrogen) atoms. The van der Waals surface area contributed by atoms with E-state index in [4.69, 9.17) is 0 Å². The fraction of sp³-hybridized carbons (Fsp3) is 0.176. The van der Waals surface area contributed by atoms with E-state index in [-0.39, 0.29) is 22.5 Å². The van der Waals surface area contributed by atoms with Gasteiger partial charge in [-0.1, -0.05) is 6.07 Å².